The molecule has 0 spiro atoms. The van der Waals surface area contributed by atoms with Gasteiger partial charge in [-0.25, -0.2) is 0 Å². The maximum absolute atomic E-state index is 12.7. The lowest BCUT2D eigenvalue weighted by atomic mass is 9.63. The maximum atomic E-state index is 12.7. The summed E-state index contributed by atoms with van der Waals surface area (Å²) in [6.07, 6.45) is 7.57. The molecule has 4 atom stereocenters. The molecule has 1 aliphatic heterocycles. The minimum Gasteiger partial charge on any atom is -0.504 e. The number of nitrogens with zero attached hydrogens (tertiary/aromatic N) is 2. The van der Waals surface area contributed by atoms with Crippen LogP contribution in [0.4, 0.5) is 0 Å². The number of carbonyl (C=O) groups is 2. The Labute approximate surface area is 145 Å². The van der Waals surface area contributed by atoms with Crippen molar-refractivity contribution < 1.29 is 19.4 Å². The Morgan fingerprint density at radius 1 is 1.20 bits per heavy atom. The molecule has 1 aromatic rings. The Bertz CT molecular complexity index is 754. The predicted molar refractivity (Wildman–Crippen MR) is 91.1 cm³/mol. The number of phenolic OH excluding ortho intramolecular Hbond substituents is 1. The summed E-state index contributed by atoms with van der Waals surface area (Å²) in [6.45, 7) is 2.25. The zero-order chi connectivity index (χ0) is 17.6. The van der Waals surface area contributed by atoms with Crippen molar-refractivity contribution in [1.29, 1.82) is 0 Å². The maximum Gasteiger partial charge on any atom is 0.254 e. The molecule has 4 aliphatic rings. The van der Waals surface area contributed by atoms with Crippen LogP contribution in [0.1, 0.15) is 25.3 Å². The van der Waals surface area contributed by atoms with Crippen LogP contribution in [0.5, 0.6) is 11.5 Å². The molecule has 1 N–H and O–H groups in total. The molecular formula is C19H20N2O4. The molecule has 1 aromatic carbocycles. The molecule has 6 heteroatoms. The van der Waals surface area contributed by atoms with Gasteiger partial charge in [-0.05, 0) is 55.4 Å². The van der Waals surface area contributed by atoms with Crippen LogP contribution in [0, 0.1) is 23.7 Å². The van der Waals surface area contributed by atoms with E-state index in [0.717, 1.165) is 17.9 Å². The summed E-state index contributed by atoms with van der Waals surface area (Å²) < 4.78 is 5.34. The summed E-state index contributed by atoms with van der Waals surface area (Å²) in [5, 5.41) is 14.9. The SMILES string of the molecule is CCOc1cc(/C=N\N2C(=O)[C@H]3[C@H](C2=O)[C@H]2C=C[C@H]3CC2)ccc1O. The summed E-state index contributed by atoms with van der Waals surface area (Å²) in [6, 6.07) is 4.79. The van der Waals surface area contributed by atoms with Crippen LogP contribution in [0.3, 0.4) is 0 Å². The van der Waals surface area contributed by atoms with E-state index in [2.05, 4.69) is 17.3 Å². The highest BCUT2D eigenvalue weighted by molar-refractivity contribution is 6.06. The van der Waals surface area contributed by atoms with Gasteiger partial charge in [0.1, 0.15) is 0 Å². The van der Waals surface area contributed by atoms with E-state index in [-0.39, 0.29) is 41.2 Å². The Balaban J connectivity index is 1.57. The average molecular weight is 340 g/mol. The molecule has 25 heavy (non-hydrogen) atoms. The number of benzene rings is 1. The molecule has 1 saturated carbocycles. The van der Waals surface area contributed by atoms with Crippen molar-refractivity contribution in [3.8, 4) is 11.5 Å². The van der Waals surface area contributed by atoms with E-state index in [0.29, 0.717) is 17.9 Å². The number of rotatable bonds is 4. The van der Waals surface area contributed by atoms with Gasteiger partial charge in [-0.15, -0.1) is 0 Å². The fourth-order valence-corrected chi connectivity index (χ4v) is 4.18. The molecule has 2 amide bonds. The molecule has 3 aliphatic carbocycles. The molecule has 5 rings (SSSR count). The van der Waals surface area contributed by atoms with Gasteiger partial charge in [0, 0.05) is 0 Å². The first-order valence-corrected chi connectivity index (χ1v) is 8.66. The van der Waals surface area contributed by atoms with E-state index in [9.17, 15) is 14.7 Å². The lowest BCUT2D eigenvalue weighted by Crippen LogP contribution is -2.38. The summed E-state index contributed by atoms with van der Waals surface area (Å²) in [5.41, 5.74) is 0.651. The fraction of sp³-hybridized carbons (Fsp3) is 0.421. The van der Waals surface area contributed by atoms with Crippen LogP contribution < -0.4 is 4.74 Å². The number of ether oxygens (including phenoxy) is 1. The van der Waals surface area contributed by atoms with Crippen LogP contribution in [0.2, 0.25) is 0 Å². The molecule has 1 heterocycles. The van der Waals surface area contributed by atoms with Gasteiger partial charge in [0.2, 0.25) is 0 Å². The third-order valence-electron chi connectivity index (χ3n) is 5.34. The first kappa shape index (κ1) is 15.9. The standard InChI is InChI=1S/C19H20N2O4/c1-2-25-15-9-11(3-8-14(15)22)10-20-21-18(23)16-12-4-5-13(7-6-12)17(16)19(21)24/h3-5,8-10,12-13,16-17,22H,2,6-7H2,1H3/b20-10-/t12-,13-,16+,17+/m0/s1. The van der Waals surface area contributed by atoms with E-state index >= 15 is 0 Å². The number of fused-ring (bicyclic) bond motifs is 1. The van der Waals surface area contributed by atoms with E-state index in [1.165, 1.54) is 12.3 Å². The van der Waals surface area contributed by atoms with Crippen LogP contribution in [0.25, 0.3) is 0 Å². The van der Waals surface area contributed by atoms with Crippen molar-refractivity contribution in [1.82, 2.24) is 5.01 Å². The normalized spacial score (nSPS) is 30.4. The highest BCUT2D eigenvalue weighted by Crippen LogP contribution is 2.49. The van der Waals surface area contributed by atoms with E-state index in [1.807, 2.05) is 6.92 Å². The van der Waals surface area contributed by atoms with Crippen LogP contribution >= 0.6 is 0 Å². The van der Waals surface area contributed by atoms with Crippen molar-refractivity contribution >= 4 is 18.0 Å². The Morgan fingerprint density at radius 2 is 1.84 bits per heavy atom. The number of aromatic hydroxyl groups is 1. The zero-order valence-electron chi connectivity index (χ0n) is 14.0. The van der Waals surface area contributed by atoms with E-state index < -0.39 is 0 Å². The van der Waals surface area contributed by atoms with Gasteiger partial charge in [0.25, 0.3) is 11.8 Å². The number of hydrogen-bond donors (Lipinski definition) is 1. The number of hydrogen-bond acceptors (Lipinski definition) is 5. The first-order valence-electron chi connectivity index (χ1n) is 8.66. The molecule has 6 nitrogen and oxygen atoms in total. The van der Waals surface area contributed by atoms with Gasteiger partial charge in [-0.3, -0.25) is 9.59 Å². The number of hydrazone groups is 1. The molecule has 0 unspecified atom stereocenters. The summed E-state index contributed by atoms with van der Waals surface area (Å²) >= 11 is 0. The van der Waals surface area contributed by atoms with E-state index in [1.54, 1.807) is 12.1 Å². The van der Waals surface area contributed by atoms with Gasteiger partial charge in [-0.2, -0.15) is 10.1 Å². The van der Waals surface area contributed by atoms with Crippen LogP contribution in [-0.2, 0) is 9.59 Å². The summed E-state index contributed by atoms with van der Waals surface area (Å²) in [4.78, 5) is 25.4. The zero-order valence-corrected chi connectivity index (χ0v) is 14.0. The van der Waals surface area contributed by atoms with Gasteiger partial charge < -0.3 is 9.84 Å². The first-order chi connectivity index (χ1) is 12.1. The highest BCUT2D eigenvalue weighted by Gasteiger charge is 2.56. The lowest BCUT2D eigenvalue weighted by molar-refractivity contribution is -0.140. The average Bonchev–Trinajstić information content (AvgIpc) is 2.90. The second kappa shape index (κ2) is 6.02. The molecular weight excluding hydrogens is 320 g/mol. The predicted octanol–water partition coefficient (Wildman–Crippen LogP) is 2.32. The number of carbonyl (C=O) groups excluding carboxylic acids is 2. The Hall–Kier alpha value is -2.63. The molecule has 0 aromatic heterocycles. The number of allylic oxidation sites excluding steroid dienone is 2. The van der Waals surface area contributed by atoms with Crippen molar-refractivity contribution in [3.05, 3.63) is 35.9 Å². The highest BCUT2D eigenvalue weighted by atomic mass is 16.5. The van der Waals surface area contributed by atoms with E-state index in [4.69, 9.17) is 4.74 Å². The smallest absolute Gasteiger partial charge is 0.254 e. The third kappa shape index (κ3) is 2.52. The molecule has 0 radical (unpaired) electrons. The number of phenols is 1. The lowest BCUT2D eigenvalue weighted by Gasteiger charge is -2.37. The second-order valence-electron chi connectivity index (χ2n) is 6.73. The summed E-state index contributed by atoms with van der Waals surface area (Å²) in [7, 11) is 0. The van der Waals surface area contributed by atoms with Crippen LogP contribution in [0.15, 0.2) is 35.5 Å². The minimum absolute atomic E-state index is 0.0426. The summed E-state index contributed by atoms with van der Waals surface area (Å²) in [5.74, 6) is -0.209. The van der Waals surface area contributed by atoms with Crippen molar-refractivity contribution in [2.75, 3.05) is 6.61 Å². The molecule has 1 saturated heterocycles. The van der Waals surface area contributed by atoms with Gasteiger partial charge in [0.05, 0.1) is 24.7 Å². The molecule has 130 valence electrons. The molecule has 2 fully saturated rings. The molecule has 2 bridgehead atoms. The van der Waals surface area contributed by atoms with Crippen molar-refractivity contribution in [3.63, 3.8) is 0 Å². The third-order valence-corrected chi connectivity index (χ3v) is 5.34. The quantitative estimate of drug-likeness (QED) is 0.518. The Kier molecular flexibility index (Phi) is 3.82. The Morgan fingerprint density at radius 3 is 2.40 bits per heavy atom. The minimum atomic E-state index is -0.257. The monoisotopic (exact) mass is 340 g/mol. The van der Waals surface area contributed by atoms with Crippen molar-refractivity contribution in [2.45, 2.75) is 19.8 Å². The van der Waals surface area contributed by atoms with Crippen molar-refractivity contribution in [2.24, 2.45) is 28.8 Å². The number of imide groups is 1. The van der Waals surface area contributed by atoms with Gasteiger partial charge in [-0.1, -0.05) is 12.2 Å². The van der Waals surface area contributed by atoms with Crippen LogP contribution in [-0.4, -0.2) is 34.8 Å². The fourth-order valence-electron chi connectivity index (χ4n) is 4.18. The topological polar surface area (TPSA) is 79.2 Å². The van der Waals surface area contributed by atoms with Gasteiger partial charge >= 0.3 is 0 Å². The number of amides is 2. The second-order valence-corrected chi connectivity index (χ2v) is 6.73. The van der Waals surface area contributed by atoms with Gasteiger partial charge in [0.15, 0.2) is 11.5 Å². The largest absolute Gasteiger partial charge is 0.504 e.